The summed E-state index contributed by atoms with van der Waals surface area (Å²) in [5.41, 5.74) is 0. The quantitative estimate of drug-likeness (QED) is 0.671. The van der Waals surface area contributed by atoms with Gasteiger partial charge in [-0.1, -0.05) is 11.6 Å². The first-order chi connectivity index (χ1) is 10.4. The lowest BCUT2D eigenvalue weighted by atomic mass is 9.99. The summed E-state index contributed by atoms with van der Waals surface area (Å²) in [6.07, 6.45) is -6.32. The zero-order valence-corrected chi connectivity index (χ0v) is 12.5. The summed E-state index contributed by atoms with van der Waals surface area (Å²) >= 11 is 5.78. The smallest absolute Gasteiger partial charge is 0.303 e. The van der Waals surface area contributed by atoms with E-state index >= 15 is 0 Å². The Kier molecular flexibility index (Phi) is 5.60. The van der Waals surface area contributed by atoms with Crippen molar-refractivity contribution in [1.82, 2.24) is 0 Å². The van der Waals surface area contributed by atoms with E-state index in [-0.39, 0.29) is 0 Å². The third-order valence-electron chi connectivity index (χ3n) is 3.19. The maximum atomic E-state index is 11.2. The Morgan fingerprint density at radius 3 is 2.45 bits per heavy atom. The fourth-order valence-electron chi connectivity index (χ4n) is 2.12. The highest BCUT2D eigenvalue weighted by molar-refractivity contribution is 6.30. The monoisotopic (exact) mass is 332 g/mol. The van der Waals surface area contributed by atoms with Crippen LogP contribution in [0.2, 0.25) is 5.02 Å². The van der Waals surface area contributed by atoms with Gasteiger partial charge in [-0.05, 0) is 24.3 Å². The standard InChI is InChI=1S/C14H17ClO7/c1-7(17)20-13-12(19)11(18)10(6-16)22-14(13)21-9-4-2-8(15)3-5-9/h2-5,10-14,16,18-19H,6H2,1H3/t10-,11-,12+,13-,14-/m0/s1. The molecule has 22 heavy (non-hydrogen) atoms. The van der Waals surface area contributed by atoms with Crippen LogP contribution < -0.4 is 4.74 Å². The van der Waals surface area contributed by atoms with E-state index < -0.39 is 43.3 Å². The predicted octanol–water partition coefficient (Wildman–Crippen LogP) is 0.0895. The summed E-state index contributed by atoms with van der Waals surface area (Å²) in [6.45, 7) is 0.641. The zero-order chi connectivity index (χ0) is 16.3. The van der Waals surface area contributed by atoms with Gasteiger partial charge in [-0.2, -0.15) is 0 Å². The molecule has 0 amide bonds. The SMILES string of the molecule is CC(=O)O[C@@H]1[C@@H](Oc2ccc(Cl)cc2)O[C@@H](CO)[C@H](O)[C@H]1O. The minimum atomic E-state index is -1.45. The molecule has 8 heteroatoms. The minimum absolute atomic E-state index is 0.367. The van der Waals surface area contributed by atoms with Gasteiger partial charge in [0.2, 0.25) is 6.29 Å². The molecule has 1 aromatic rings. The van der Waals surface area contributed by atoms with Crippen LogP contribution in [0.1, 0.15) is 6.92 Å². The molecule has 0 aromatic heterocycles. The molecular weight excluding hydrogens is 316 g/mol. The van der Waals surface area contributed by atoms with Crippen LogP contribution in [-0.4, -0.2) is 58.6 Å². The number of rotatable bonds is 4. The average Bonchev–Trinajstić information content (AvgIpc) is 2.48. The molecule has 1 saturated heterocycles. The van der Waals surface area contributed by atoms with E-state index in [1.54, 1.807) is 24.3 Å². The highest BCUT2D eigenvalue weighted by Crippen LogP contribution is 2.27. The van der Waals surface area contributed by atoms with Gasteiger partial charge < -0.3 is 29.5 Å². The Hall–Kier alpha value is -1.38. The summed E-state index contributed by atoms with van der Waals surface area (Å²) in [4.78, 5) is 11.2. The molecule has 1 heterocycles. The van der Waals surface area contributed by atoms with Crippen LogP contribution in [0.25, 0.3) is 0 Å². The summed E-state index contributed by atoms with van der Waals surface area (Å²) in [6, 6.07) is 6.33. The molecular formula is C14H17ClO7. The van der Waals surface area contributed by atoms with E-state index in [9.17, 15) is 20.1 Å². The van der Waals surface area contributed by atoms with Gasteiger partial charge >= 0.3 is 5.97 Å². The predicted molar refractivity (Wildman–Crippen MR) is 75.4 cm³/mol. The van der Waals surface area contributed by atoms with E-state index in [1.807, 2.05) is 0 Å². The maximum Gasteiger partial charge on any atom is 0.303 e. The van der Waals surface area contributed by atoms with Gasteiger partial charge in [0.15, 0.2) is 6.10 Å². The first kappa shape index (κ1) is 17.0. The largest absolute Gasteiger partial charge is 0.461 e. The first-order valence-electron chi connectivity index (χ1n) is 6.64. The number of aliphatic hydroxyl groups is 3. The zero-order valence-electron chi connectivity index (χ0n) is 11.8. The molecule has 0 bridgehead atoms. The van der Waals surface area contributed by atoms with Gasteiger partial charge in [-0.25, -0.2) is 0 Å². The fraction of sp³-hybridized carbons (Fsp3) is 0.500. The van der Waals surface area contributed by atoms with Crippen molar-refractivity contribution in [2.45, 2.75) is 37.6 Å². The number of benzene rings is 1. The molecule has 5 atom stereocenters. The molecule has 0 saturated carbocycles. The van der Waals surface area contributed by atoms with Crippen molar-refractivity contribution in [3.8, 4) is 5.75 Å². The number of ether oxygens (including phenoxy) is 3. The summed E-state index contributed by atoms with van der Waals surface area (Å²) in [5.74, 6) is -0.293. The van der Waals surface area contributed by atoms with Crippen LogP contribution in [0.5, 0.6) is 5.75 Å². The van der Waals surface area contributed by atoms with Crippen LogP contribution in [0.15, 0.2) is 24.3 Å². The van der Waals surface area contributed by atoms with E-state index in [2.05, 4.69) is 0 Å². The van der Waals surface area contributed by atoms with E-state index in [1.165, 1.54) is 0 Å². The number of halogens is 1. The van der Waals surface area contributed by atoms with Crippen molar-refractivity contribution in [3.05, 3.63) is 29.3 Å². The van der Waals surface area contributed by atoms with Crippen molar-refractivity contribution in [1.29, 1.82) is 0 Å². The lowest BCUT2D eigenvalue weighted by Crippen LogP contribution is -2.61. The van der Waals surface area contributed by atoms with Crippen molar-refractivity contribution < 1.29 is 34.3 Å². The molecule has 2 rings (SSSR count). The van der Waals surface area contributed by atoms with E-state index in [4.69, 9.17) is 25.8 Å². The van der Waals surface area contributed by atoms with E-state index in [0.717, 1.165) is 6.92 Å². The molecule has 0 spiro atoms. The number of carbonyl (C=O) groups is 1. The number of carbonyl (C=O) groups excluding carboxylic acids is 1. The molecule has 1 fully saturated rings. The maximum absolute atomic E-state index is 11.2. The number of hydrogen-bond donors (Lipinski definition) is 3. The summed E-state index contributed by atoms with van der Waals surface area (Å²) in [5, 5.41) is 29.6. The second-order valence-electron chi connectivity index (χ2n) is 4.85. The Morgan fingerprint density at radius 1 is 1.27 bits per heavy atom. The number of hydrogen-bond acceptors (Lipinski definition) is 7. The van der Waals surface area contributed by atoms with Crippen molar-refractivity contribution in [2.24, 2.45) is 0 Å². The van der Waals surface area contributed by atoms with Gasteiger partial charge in [-0.15, -0.1) is 0 Å². The minimum Gasteiger partial charge on any atom is -0.461 e. The van der Waals surface area contributed by atoms with Crippen LogP contribution in [0, 0.1) is 0 Å². The Labute approximate surface area is 132 Å². The number of esters is 1. The summed E-state index contributed by atoms with van der Waals surface area (Å²) < 4.78 is 15.9. The molecule has 3 N–H and O–H groups in total. The first-order valence-corrected chi connectivity index (χ1v) is 7.02. The van der Waals surface area contributed by atoms with Gasteiger partial charge in [0.25, 0.3) is 0 Å². The Balaban J connectivity index is 2.18. The van der Waals surface area contributed by atoms with E-state index in [0.29, 0.717) is 10.8 Å². The number of aliphatic hydroxyl groups excluding tert-OH is 3. The Bertz CT molecular complexity index is 506. The molecule has 0 aliphatic carbocycles. The highest BCUT2D eigenvalue weighted by atomic mass is 35.5. The molecule has 0 radical (unpaired) electrons. The lowest BCUT2D eigenvalue weighted by molar-refractivity contribution is -0.281. The third kappa shape index (κ3) is 3.88. The van der Waals surface area contributed by atoms with Crippen molar-refractivity contribution in [3.63, 3.8) is 0 Å². The van der Waals surface area contributed by atoms with Gasteiger partial charge in [-0.3, -0.25) is 4.79 Å². The van der Waals surface area contributed by atoms with Gasteiger partial charge in [0.05, 0.1) is 6.61 Å². The van der Waals surface area contributed by atoms with Crippen molar-refractivity contribution >= 4 is 17.6 Å². The van der Waals surface area contributed by atoms with Crippen molar-refractivity contribution in [2.75, 3.05) is 6.61 Å². The highest BCUT2D eigenvalue weighted by Gasteiger charge is 2.47. The molecule has 7 nitrogen and oxygen atoms in total. The molecule has 1 aromatic carbocycles. The van der Waals surface area contributed by atoms with Crippen LogP contribution in [0.4, 0.5) is 0 Å². The topological polar surface area (TPSA) is 105 Å². The normalized spacial score (nSPS) is 31.6. The van der Waals surface area contributed by atoms with Gasteiger partial charge in [0, 0.05) is 11.9 Å². The van der Waals surface area contributed by atoms with Gasteiger partial charge in [0.1, 0.15) is 24.1 Å². The summed E-state index contributed by atoms with van der Waals surface area (Å²) in [7, 11) is 0. The molecule has 1 aliphatic rings. The van der Waals surface area contributed by atoms with Crippen LogP contribution >= 0.6 is 11.6 Å². The Morgan fingerprint density at radius 2 is 1.91 bits per heavy atom. The molecule has 1 aliphatic heterocycles. The fourth-order valence-corrected chi connectivity index (χ4v) is 2.24. The van der Waals surface area contributed by atoms with Crippen LogP contribution in [-0.2, 0) is 14.3 Å². The van der Waals surface area contributed by atoms with Crippen LogP contribution in [0.3, 0.4) is 0 Å². The third-order valence-corrected chi connectivity index (χ3v) is 3.44. The second kappa shape index (κ2) is 7.26. The molecule has 0 unspecified atom stereocenters. The lowest BCUT2D eigenvalue weighted by Gasteiger charge is -2.41. The second-order valence-corrected chi connectivity index (χ2v) is 5.29. The average molecular weight is 333 g/mol. The molecule has 122 valence electrons.